The lowest BCUT2D eigenvalue weighted by Gasteiger charge is -2.33. The van der Waals surface area contributed by atoms with Crippen molar-refractivity contribution in [3.05, 3.63) is 0 Å². The van der Waals surface area contributed by atoms with Gasteiger partial charge in [0.05, 0.1) is 6.54 Å². The smallest absolute Gasteiger partial charge is 0.276 e. The van der Waals surface area contributed by atoms with Crippen LogP contribution in [-0.4, -0.2) is 74.2 Å². The van der Waals surface area contributed by atoms with Crippen LogP contribution in [0.1, 0.15) is 12.8 Å². The zero-order valence-electron chi connectivity index (χ0n) is 10.6. The number of hydrogen-bond donors (Lipinski definition) is 1. The molecule has 0 aromatic rings. The van der Waals surface area contributed by atoms with E-state index >= 15 is 0 Å². The van der Waals surface area contributed by atoms with E-state index in [0.717, 1.165) is 12.8 Å². The van der Waals surface area contributed by atoms with E-state index in [2.05, 4.69) is 0 Å². The van der Waals surface area contributed by atoms with Crippen molar-refractivity contribution < 1.29 is 13.2 Å². The maximum Gasteiger partial charge on any atom is 0.276 e. The lowest BCUT2D eigenvalue weighted by molar-refractivity contribution is -0.131. The number of amides is 1. The molecular formula is C10H20N4O3S. The second-order valence-electron chi connectivity index (χ2n) is 4.96. The third kappa shape index (κ3) is 3.41. The minimum Gasteiger partial charge on any atom is -0.342 e. The van der Waals surface area contributed by atoms with Gasteiger partial charge in [0, 0.05) is 39.3 Å². The van der Waals surface area contributed by atoms with E-state index < -0.39 is 10.2 Å². The van der Waals surface area contributed by atoms with E-state index in [-0.39, 0.29) is 5.91 Å². The molecule has 104 valence electrons. The molecule has 1 aliphatic heterocycles. The maximum atomic E-state index is 11.9. The Kier molecular flexibility index (Phi) is 3.90. The van der Waals surface area contributed by atoms with Crippen molar-refractivity contribution in [2.45, 2.75) is 18.9 Å². The average Bonchev–Trinajstić information content (AvgIpc) is 3.11. The number of piperazine rings is 1. The van der Waals surface area contributed by atoms with Gasteiger partial charge in [0.25, 0.3) is 10.2 Å². The number of likely N-dealkylation sites (N-methyl/N-ethyl adjacent to an activating group) is 1. The molecule has 0 unspecified atom stereocenters. The summed E-state index contributed by atoms with van der Waals surface area (Å²) in [6, 6.07) is 0.420. The maximum absolute atomic E-state index is 11.9. The Balaban J connectivity index is 1.78. The molecule has 1 heterocycles. The van der Waals surface area contributed by atoms with Gasteiger partial charge >= 0.3 is 0 Å². The van der Waals surface area contributed by atoms with Gasteiger partial charge in [-0.3, -0.25) is 9.69 Å². The first kappa shape index (κ1) is 13.7. The van der Waals surface area contributed by atoms with Gasteiger partial charge in [-0.15, -0.1) is 0 Å². The molecule has 0 spiro atoms. The van der Waals surface area contributed by atoms with Crippen molar-refractivity contribution in [3.8, 4) is 0 Å². The summed E-state index contributed by atoms with van der Waals surface area (Å²) in [7, 11) is -1.75. The first-order valence-corrected chi connectivity index (χ1v) is 7.64. The summed E-state index contributed by atoms with van der Waals surface area (Å²) in [5.74, 6) is 0.113. The highest BCUT2D eigenvalue weighted by Crippen LogP contribution is 2.25. The van der Waals surface area contributed by atoms with E-state index in [4.69, 9.17) is 5.14 Å². The molecule has 1 saturated heterocycles. The normalized spacial score (nSPS) is 23.0. The molecule has 2 N–H and O–H groups in total. The Morgan fingerprint density at radius 1 is 1.28 bits per heavy atom. The molecule has 0 bridgehead atoms. The summed E-state index contributed by atoms with van der Waals surface area (Å²) in [6.45, 7) is 2.20. The van der Waals surface area contributed by atoms with E-state index in [1.165, 1.54) is 4.31 Å². The fourth-order valence-electron chi connectivity index (χ4n) is 2.11. The second kappa shape index (κ2) is 5.12. The number of carbonyl (C=O) groups is 1. The molecule has 1 amide bonds. The first-order valence-electron chi connectivity index (χ1n) is 6.14. The molecule has 0 aromatic carbocycles. The highest BCUT2D eigenvalue weighted by atomic mass is 32.2. The van der Waals surface area contributed by atoms with E-state index in [9.17, 15) is 13.2 Å². The Morgan fingerprint density at radius 2 is 1.83 bits per heavy atom. The molecule has 18 heavy (non-hydrogen) atoms. The SMILES string of the molecule is CN(C(=O)CN1CCN(S(N)(=O)=O)CC1)C1CC1. The zero-order chi connectivity index (χ0) is 13.3. The summed E-state index contributed by atoms with van der Waals surface area (Å²) in [6.07, 6.45) is 2.20. The van der Waals surface area contributed by atoms with Gasteiger partial charge in [-0.25, -0.2) is 5.14 Å². The Hall–Kier alpha value is -0.700. The predicted octanol–water partition coefficient (Wildman–Crippen LogP) is -1.57. The molecule has 2 aliphatic rings. The van der Waals surface area contributed by atoms with Crippen LogP contribution in [0, 0.1) is 0 Å². The molecule has 7 nitrogen and oxygen atoms in total. The highest BCUT2D eigenvalue weighted by molar-refractivity contribution is 7.86. The quantitative estimate of drug-likeness (QED) is 0.672. The number of nitrogens with zero attached hydrogens (tertiary/aromatic N) is 3. The van der Waals surface area contributed by atoms with Crippen LogP contribution in [0.3, 0.4) is 0 Å². The topological polar surface area (TPSA) is 86.9 Å². The van der Waals surface area contributed by atoms with Crippen LogP contribution >= 0.6 is 0 Å². The van der Waals surface area contributed by atoms with Gasteiger partial charge in [-0.2, -0.15) is 12.7 Å². The summed E-state index contributed by atoms with van der Waals surface area (Å²) < 4.78 is 23.5. The van der Waals surface area contributed by atoms with Gasteiger partial charge in [0.15, 0.2) is 0 Å². The summed E-state index contributed by atoms with van der Waals surface area (Å²) in [5.41, 5.74) is 0. The van der Waals surface area contributed by atoms with Gasteiger partial charge < -0.3 is 4.90 Å². The van der Waals surface area contributed by atoms with Crippen molar-refractivity contribution in [1.29, 1.82) is 0 Å². The summed E-state index contributed by atoms with van der Waals surface area (Å²) in [4.78, 5) is 15.7. The van der Waals surface area contributed by atoms with Gasteiger partial charge in [0.2, 0.25) is 5.91 Å². The molecule has 2 fully saturated rings. The van der Waals surface area contributed by atoms with Crippen LogP contribution in [0.5, 0.6) is 0 Å². The van der Waals surface area contributed by atoms with Crippen LogP contribution in [0.4, 0.5) is 0 Å². The lowest BCUT2D eigenvalue weighted by Crippen LogP contribution is -2.52. The minimum atomic E-state index is -3.59. The number of rotatable bonds is 4. The Bertz CT molecular complexity index is 413. The van der Waals surface area contributed by atoms with Crippen LogP contribution in [0.2, 0.25) is 0 Å². The van der Waals surface area contributed by atoms with E-state index in [1.54, 1.807) is 4.90 Å². The van der Waals surface area contributed by atoms with Crippen molar-refractivity contribution in [2.75, 3.05) is 39.8 Å². The first-order chi connectivity index (χ1) is 8.38. The summed E-state index contributed by atoms with van der Waals surface area (Å²) in [5, 5.41) is 5.06. The highest BCUT2D eigenvalue weighted by Gasteiger charge is 2.31. The fourth-order valence-corrected chi connectivity index (χ4v) is 2.78. The zero-order valence-corrected chi connectivity index (χ0v) is 11.4. The van der Waals surface area contributed by atoms with E-state index in [1.807, 2.05) is 11.9 Å². The fraction of sp³-hybridized carbons (Fsp3) is 0.900. The molecule has 1 saturated carbocycles. The van der Waals surface area contributed by atoms with Gasteiger partial charge in [-0.05, 0) is 12.8 Å². The van der Waals surface area contributed by atoms with Crippen LogP contribution in [0.15, 0.2) is 0 Å². The number of hydrogen-bond acceptors (Lipinski definition) is 4. The monoisotopic (exact) mass is 276 g/mol. The number of carbonyl (C=O) groups excluding carboxylic acids is 1. The van der Waals surface area contributed by atoms with Gasteiger partial charge in [0.1, 0.15) is 0 Å². The van der Waals surface area contributed by atoms with Crippen molar-refractivity contribution in [3.63, 3.8) is 0 Å². The van der Waals surface area contributed by atoms with Crippen molar-refractivity contribution >= 4 is 16.1 Å². The van der Waals surface area contributed by atoms with Gasteiger partial charge in [-0.1, -0.05) is 0 Å². The Morgan fingerprint density at radius 3 is 2.28 bits per heavy atom. The molecule has 8 heteroatoms. The third-order valence-corrected chi connectivity index (χ3v) is 4.62. The molecule has 0 radical (unpaired) electrons. The molecule has 2 rings (SSSR count). The molecular weight excluding hydrogens is 256 g/mol. The van der Waals surface area contributed by atoms with Crippen LogP contribution < -0.4 is 5.14 Å². The average molecular weight is 276 g/mol. The second-order valence-corrected chi connectivity index (χ2v) is 6.50. The third-order valence-electron chi connectivity index (χ3n) is 3.54. The predicted molar refractivity (Wildman–Crippen MR) is 66.9 cm³/mol. The van der Waals surface area contributed by atoms with Crippen molar-refractivity contribution in [1.82, 2.24) is 14.1 Å². The number of nitrogens with two attached hydrogens (primary N) is 1. The molecule has 1 aliphatic carbocycles. The summed E-state index contributed by atoms with van der Waals surface area (Å²) >= 11 is 0. The standard InChI is InChI=1S/C10H20N4O3S/c1-12(9-2-3-9)10(15)8-13-4-6-14(7-5-13)18(11,16)17/h9H,2-8H2,1H3,(H2,11,16,17). The van der Waals surface area contributed by atoms with Crippen molar-refractivity contribution in [2.24, 2.45) is 5.14 Å². The minimum absolute atomic E-state index is 0.113. The lowest BCUT2D eigenvalue weighted by atomic mass is 10.3. The molecule has 0 aromatic heterocycles. The van der Waals surface area contributed by atoms with E-state index in [0.29, 0.717) is 38.8 Å². The largest absolute Gasteiger partial charge is 0.342 e. The van der Waals surface area contributed by atoms with Crippen LogP contribution in [-0.2, 0) is 15.0 Å². The Labute approximate surface area is 108 Å². The molecule has 0 atom stereocenters. The van der Waals surface area contributed by atoms with Crippen LogP contribution in [0.25, 0.3) is 0 Å².